The third-order valence-electron chi connectivity index (χ3n) is 8.00. The van der Waals surface area contributed by atoms with Crippen LogP contribution in [0, 0.1) is 24.2 Å². The number of methoxy groups -OCH3 is 2. The van der Waals surface area contributed by atoms with E-state index < -0.39 is 0 Å². The first-order valence-electron chi connectivity index (χ1n) is 12.8. The number of fused-ring (bicyclic) bond motifs is 2. The van der Waals surface area contributed by atoms with Crippen molar-refractivity contribution < 1.29 is 9.47 Å². The van der Waals surface area contributed by atoms with E-state index in [9.17, 15) is 10.1 Å². The highest BCUT2D eigenvalue weighted by atomic mass is 16.7. The van der Waals surface area contributed by atoms with Gasteiger partial charge in [-0.3, -0.25) is 4.79 Å². The maximum absolute atomic E-state index is 12.9. The zero-order valence-electron chi connectivity index (χ0n) is 22.3. The molecule has 2 aliphatic heterocycles. The van der Waals surface area contributed by atoms with Gasteiger partial charge in [0.05, 0.1) is 34.2 Å². The van der Waals surface area contributed by atoms with Crippen molar-refractivity contribution >= 4 is 33.7 Å². The van der Waals surface area contributed by atoms with E-state index in [2.05, 4.69) is 39.9 Å². The molecule has 1 saturated heterocycles. The number of piperidine rings is 1. The lowest BCUT2D eigenvalue weighted by Gasteiger charge is -2.39. The van der Waals surface area contributed by atoms with E-state index in [4.69, 9.17) is 9.47 Å². The molecule has 37 heavy (non-hydrogen) atoms. The molecule has 0 saturated carbocycles. The summed E-state index contributed by atoms with van der Waals surface area (Å²) in [5.41, 5.74) is 6.55. The lowest BCUT2D eigenvalue weighted by Crippen LogP contribution is -2.39. The van der Waals surface area contributed by atoms with E-state index in [0.717, 1.165) is 78.2 Å². The number of aryl methyl sites for hydroxylation is 2. The number of anilines is 4. The lowest BCUT2D eigenvalue weighted by molar-refractivity contribution is -0.141. The van der Waals surface area contributed by atoms with Gasteiger partial charge in [0.1, 0.15) is 0 Å². The molecule has 2 aromatic carbocycles. The number of nitrogens with zero attached hydrogens (tertiary/aromatic N) is 5. The number of hydrogen-bond donors (Lipinski definition) is 0. The van der Waals surface area contributed by atoms with Crippen LogP contribution in [-0.4, -0.2) is 58.3 Å². The van der Waals surface area contributed by atoms with Gasteiger partial charge in [0.25, 0.3) is 5.56 Å². The highest BCUT2D eigenvalue weighted by Gasteiger charge is 2.29. The summed E-state index contributed by atoms with van der Waals surface area (Å²) in [6.07, 6.45) is 1.75. The number of rotatable bonds is 5. The Balaban J connectivity index is 1.63. The van der Waals surface area contributed by atoms with Gasteiger partial charge in [-0.15, -0.1) is 0 Å². The van der Waals surface area contributed by atoms with Crippen molar-refractivity contribution in [1.82, 2.24) is 4.57 Å². The smallest absolute Gasteiger partial charge is 0.253 e. The van der Waals surface area contributed by atoms with E-state index in [0.29, 0.717) is 11.5 Å². The number of nitriles is 1. The van der Waals surface area contributed by atoms with Crippen LogP contribution < -0.4 is 20.3 Å². The highest BCUT2D eigenvalue weighted by Crippen LogP contribution is 2.42. The standard InChI is InChI=1S/C29H35N5O3/c1-19-14-23-25(32(3)28(19)35)16-22(33-10-8-21(9-11-33)29(36-4)37-5)17-26(23)34-13-12-31(2)24-7-6-20(18-30)15-27(24)34/h6-7,14-17,21,29H,8-13H2,1-5H3. The van der Waals surface area contributed by atoms with Crippen LogP contribution >= 0.6 is 0 Å². The highest BCUT2D eigenvalue weighted by molar-refractivity contribution is 5.99. The normalized spacial score (nSPS) is 16.4. The summed E-state index contributed by atoms with van der Waals surface area (Å²) >= 11 is 0. The number of pyridine rings is 1. The molecule has 1 fully saturated rings. The van der Waals surface area contributed by atoms with E-state index in [1.54, 1.807) is 18.8 Å². The SMILES string of the molecule is COC(OC)C1CCN(c2cc(N3CCN(C)c4ccc(C#N)cc43)c3cc(C)c(=O)n(C)c3c2)CC1. The van der Waals surface area contributed by atoms with E-state index in [-0.39, 0.29) is 11.8 Å². The number of benzene rings is 2. The molecular formula is C29H35N5O3. The molecule has 8 nitrogen and oxygen atoms in total. The fraction of sp³-hybridized carbons (Fsp3) is 0.448. The Morgan fingerprint density at radius 3 is 2.35 bits per heavy atom. The molecule has 2 aliphatic rings. The fourth-order valence-electron chi connectivity index (χ4n) is 5.88. The molecule has 1 aromatic heterocycles. The predicted octanol–water partition coefficient (Wildman–Crippen LogP) is 4.14. The second-order valence-electron chi connectivity index (χ2n) is 10.1. The van der Waals surface area contributed by atoms with Gasteiger partial charge in [0.15, 0.2) is 6.29 Å². The minimum atomic E-state index is -0.186. The predicted molar refractivity (Wildman–Crippen MR) is 148 cm³/mol. The topological polar surface area (TPSA) is 74.0 Å². The molecule has 0 atom stereocenters. The minimum absolute atomic E-state index is 0.0166. The minimum Gasteiger partial charge on any atom is -0.371 e. The maximum atomic E-state index is 12.9. The van der Waals surface area contributed by atoms with Crippen molar-refractivity contribution in [3.05, 3.63) is 57.9 Å². The van der Waals surface area contributed by atoms with Gasteiger partial charge < -0.3 is 28.7 Å². The Kier molecular flexibility index (Phi) is 6.84. The molecule has 3 heterocycles. The monoisotopic (exact) mass is 501 g/mol. The molecule has 194 valence electrons. The van der Waals surface area contributed by atoms with Gasteiger partial charge in [-0.1, -0.05) is 0 Å². The molecule has 0 N–H and O–H groups in total. The Bertz CT molecular complexity index is 1410. The van der Waals surface area contributed by atoms with Crippen molar-refractivity contribution in [2.45, 2.75) is 26.1 Å². The molecule has 0 radical (unpaired) electrons. The van der Waals surface area contributed by atoms with Crippen LogP contribution in [0.25, 0.3) is 10.9 Å². The van der Waals surface area contributed by atoms with Gasteiger partial charge in [-0.25, -0.2) is 0 Å². The van der Waals surface area contributed by atoms with Crippen LogP contribution in [-0.2, 0) is 16.5 Å². The van der Waals surface area contributed by atoms with Crippen molar-refractivity contribution in [2.75, 3.05) is 62.1 Å². The first kappa shape index (κ1) is 25.1. The molecule has 0 aliphatic carbocycles. The van der Waals surface area contributed by atoms with Crippen LogP contribution in [0.15, 0.2) is 41.2 Å². The van der Waals surface area contributed by atoms with Crippen molar-refractivity contribution in [3.63, 3.8) is 0 Å². The largest absolute Gasteiger partial charge is 0.371 e. The summed E-state index contributed by atoms with van der Waals surface area (Å²) in [4.78, 5) is 19.9. The second kappa shape index (κ2) is 10.1. The third kappa shape index (κ3) is 4.43. The van der Waals surface area contributed by atoms with Gasteiger partial charge >= 0.3 is 0 Å². The second-order valence-corrected chi connectivity index (χ2v) is 10.1. The van der Waals surface area contributed by atoms with Crippen LogP contribution in [0.2, 0.25) is 0 Å². The zero-order chi connectivity index (χ0) is 26.3. The molecule has 8 heteroatoms. The maximum Gasteiger partial charge on any atom is 0.253 e. The van der Waals surface area contributed by atoms with Crippen LogP contribution in [0.1, 0.15) is 24.0 Å². The molecule has 0 amide bonds. The van der Waals surface area contributed by atoms with E-state index in [1.807, 2.05) is 38.2 Å². The number of ether oxygens (including phenoxy) is 2. The zero-order valence-corrected chi connectivity index (χ0v) is 22.3. The third-order valence-corrected chi connectivity index (χ3v) is 8.00. The van der Waals surface area contributed by atoms with Crippen molar-refractivity contribution in [1.29, 1.82) is 5.26 Å². The molecule has 0 bridgehead atoms. The Morgan fingerprint density at radius 2 is 1.68 bits per heavy atom. The fourth-order valence-corrected chi connectivity index (χ4v) is 5.88. The summed E-state index contributed by atoms with van der Waals surface area (Å²) in [5.74, 6) is 0.354. The van der Waals surface area contributed by atoms with E-state index in [1.165, 1.54) is 0 Å². The summed E-state index contributed by atoms with van der Waals surface area (Å²) < 4.78 is 12.8. The van der Waals surface area contributed by atoms with Crippen molar-refractivity contribution in [3.8, 4) is 6.07 Å². The van der Waals surface area contributed by atoms with Gasteiger partial charge in [-0.2, -0.15) is 5.26 Å². The lowest BCUT2D eigenvalue weighted by atomic mass is 9.95. The van der Waals surface area contributed by atoms with Gasteiger partial charge in [0.2, 0.25) is 0 Å². The number of hydrogen-bond acceptors (Lipinski definition) is 7. The molecular weight excluding hydrogens is 466 g/mol. The van der Waals surface area contributed by atoms with Gasteiger partial charge in [-0.05, 0) is 56.2 Å². The molecule has 3 aromatic rings. The summed E-state index contributed by atoms with van der Waals surface area (Å²) in [7, 11) is 7.33. The first-order chi connectivity index (χ1) is 17.9. The number of aromatic nitrogens is 1. The summed E-state index contributed by atoms with van der Waals surface area (Å²) in [5, 5.41) is 10.6. The van der Waals surface area contributed by atoms with Gasteiger partial charge in [0, 0.05) is 77.0 Å². The van der Waals surface area contributed by atoms with E-state index >= 15 is 0 Å². The molecule has 5 rings (SSSR count). The number of likely N-dealkylation sites (N-methyl/N-ethyl adjacent to an activating group) is 1. The Morgan fingerprint density at radius 1 is 0.946 bits per heavy atom. The average molecular weight is 502 g/mol. The van der Waals surface area contributed by atoms with Crippen LogP contribution in [0.3, 0.4) is 0 Å². The van der Waals surface area contributed by atoms with Crippen LogP contribution in [0.4, 0.5) is 22.7 Å². The average Bonchev–Trinajstić information content (AvgIpc) is 2.92. The first-order valence-corrected chi connectivity index (χ1v) is 12.8. The molecule has 0 unspecified atom stereocenters. The Labute approximate surface area is 218 Å². The quantitative estimate of drug-likeness (QED) is 0.487. The summed E-state index contributed by atoms with van der Waals surface area (Å²) in [6.45, 7) is 5.28. The van der Waals surface area contributed by atoms with Crippen molar-refractivity contribution in [2.24, 2.45) is 13.0 Å². The summed E-state index contributed by atoms with van der Waals surface area (Å²) in [6, 6.07) is 14.6. The Hall–Kier alpha value is -3.54. The molecule has 0 spiro atoms. The van der Waals surface area contributed by atoms with Crippen LogP contribution in [0.5, 0.6) is 0 Å².